The van der Waals surface area contributed by atoms with Crippen LogP contribution < -0.4 is 5.32 Å². The van der Waals surface area contributed by atoms with E-state index >= 15 is 0 Å². The van der Waals surface area contributed by atoms with Crippen molar-refractivity contribution in [2.24, 2.45) is 0 Å². The van der Waals surface area contributed by atoms with Crippen molar-refractivity contribution in [3.8, 4) is 5.75 Å². The number of rotatable bonds is 5. The Morgan fingerprint density at radius 3 is 2.53 bits per heavy atom. The first-order valence-corrected chi connectivity index (χ1v) is 6.86. The predicted molar refractivity (Wildman–Crippen MR) is 81.0 cm³/mol. The van der Waals surface area contributed by atoms with Crippen LogP contribution >= 0.6 is 11.6 Å². The Morgan fingerprint density at radius 1 is 1.16 bits per heavy atom. The number of aromatic hydroxyl groups is 1. The van der Waals surface area contributed by atoms with Gasteiger partial charge in [0, 0.05) is 11.7 Å². The van der Waals surface area contributed by atoms with E-state index in [2.05, 4.69) is 36.5 Å². The molecule has 100 valence electrons. The van der Waals surface area contributed by atoms with Gasteiger partial charge >= 0.3 is 0 Å². The van der Waals surface area contributed by atoms with E-state index in [-0.39, 0.29) is 5.75 Å². The van der Waals surface area contributed by atoms with Crippen LogP contribution in [0.15, 0.2) is 48.5 Å². The van der Waals surface area contributed by atoms with Crippen LogP contribution in [-0.4, -0.2) is 11.1 Å². The third-order valence-electron chi connectivity index (χ3n) is 3.14. The summed E-state index contributed by atoms with van der Waals surface area (Å²) >= 11 is 5.91. The van der Waals surface area contributed by atoms with Gasteiger partial charge in [0.1, 0.15) is 5.75 Å². The van der Waals surface area contributed by atoms with E-state index < -0.39 is 0 Å². The first-order valence-electron chi connectivity index (χ1n) is 6.48. The van der Waals surface area contributed by atoms with Gasteiger partial charge in [-0.25, -0.2) is 0 Å². The summed E-state index contributed by atoms with van der Waals surface area (Å²) in [5.74, 6) is 0.114. The normalized spacial score (nSPS) is 12.1. The van der Waals surface area contributed by atoms with Crippen molar-refractivity contribution in [1.82, 2.24) is 0 Å². The summed E-state index contributed by atoms with van der Waals surface area (Å²) in [6.45, 7) is 2.16. The Balaban J connectivity index is 2.04. The number of hydrogen-bond acceptors (Lipinski definition) is 2. The van der Waals surface area contributed by atoms with Crippen LogP contribution in [-0.2, 0) is 6.42 Å². The second-order valence-electron chi connectivity index (χ2n) is 4.61. The van der Waals surface area contributed by atoms with Gasteiger partial charge in [-0.15, -0.1) is 0 Å². The standard InChI is InChI=1S/C16H18ClNO/c1-2-13(10-12-6-4-3-5-7-12)18-14-8-9-16(19)15(17)11-14/h3-9,11,13,18-19H,2,10H2,1H3. The van der Waals surface area contributed by atoms with Crippen LogP contribution in [0.3, 0.4) is 0 Å². The number of benzene rings is 2. The monoisotopic (exact) mass is 275 g/mol. The molecule has 0 aliphatic carbocycles. The van der Waals surface area contributed by atoms with Crippen LogP contribution in [0.5, 0.6) is 5.75 Å². The van der Waals surface area contributed by atoms with Gasteiger partial charge in [0.05, 0.1) is 5.02 Å². The van der Waals surface area contributed by atoms with Crippen LogP contribution in [0.4, 0.5) is 5.69 Å². The fourth-order valence-electron chi connectivity index (χ4n) is 2.03. The van der Waals surface area contributed by atoms with E-state index in [1.54, 1.807) is 12.1 Å². The largest absolute Gasteiger partial charge is 0.506 e. The van der Waals surface area contributed by atoms with Gasteiger partial charge in [0.15, 0.2) is 0 Å². The minimum Gasteiger partial charge on any atom is -0.506 e. The van der Waals surface area contributed by atoms with Crippen molar-refractivity contribution in [3.63, 3.8) is 0 Å². The van der Waals surface area contributed by atoms with E-state index in [0.717, 1.165) is 18.5 Å². The average molecular weight is 276 g/mol. The number of nitrogens with one attached hydrogen (secondary N) is 1. The summed E-state index contributed by atoms with van der Waals surface area (Å²) in [6.07, 6.45) is 1.99. The smallest absolute Gasteiger partial charge is 0.134 e. The summed E-state index contributed by atoms with van der Waals surface area (Å²) < 4.78 is 0. The molecule has 0 aromatic heterocycles. The lowest BCUT2D eigenvalue weighted by Crippen LogP contribution is -2.21. The minimum absolute atomic E-state index is 0.114. The zero-order valence-electron chi connectivity index (χ0n) is 10.9. The summed E-state index contributed by atoms with van der Waals surface area (Å²) in [6, 6.07) is 16.0. The molecular formula is C16H18ClNO. The second kappa shape index (κ2) is 6.48. The highest BCUT2D eigenvalue weighted by Gasteiger charge is 2.08. The number of phenolic OH excluding ortho intramolecular Hbond substituents is 1. The molecule has 0 bridgehead atoms. The van der Waals surface area contributed by atoms with Crippen LogP contribution in [0.25, 0.3) is 0 Å². The molecule has 0 saturated carbocycles. The molecule has 1 unspecified atom stereocenters. The molecular weight excluding hydrogens is 258 g/mol. The molecule has 19 heavy (non-hydrogen) atoms. The van der Waals surface area contributed by atoms with Crippen LogP contribution in [0.1, 0.15) is 18.9 Å². The van der Waals surface area contributed by atoms with Crippen molar-refractivity contribution in [2.45, 2.75) is 25.8 Å². The molecule has 0 heterocycles. The Kier molecular flexibility index (Phi) is 4.69. The van der Waals surface area contributed by atoms with Gasteiger partial charge in [0.2, 0.25) is 0 Å². The van der Waals surface area contributed by atoms with Crippen molar-refractivity contribution in [2.75, 3.05) is 5.32 Å². The molecule has 2 N–H and O–H groups in total. The summed E-state index contributed by atoms with van der Waals surface area (Å²) in [5.41, 5.74) is 2.25. The molecule has 0 fully saturated rings. The predicted octanol–water partition coefficient (Wildman–Crippen LogP) is 4.48. The SMILES string of the molecule is CCC(Cc1ccccc1)Nc1ccc(O)c(Cl)c1. The summed E-state index contributed by atoms with van der Waals surface area (Å²) in [7, 11) is 0. The third kappa shape index (κ3) is 3.90. The Bertz CT molecular complexity index is 528. The zero-order chi connectivity index (χ0) is 13.7. The lowest BCUT2D eigenvalue weighted by atomic mass is 10.0. The fourth-order valence-corrected chi connectivity index (χ4v) is 2.21. The molecule has 0 spiro atoms. The molecule has 3 heteroatoms. The Hall–Kier alpha value is -1.67. The number of anilines is 1. The van der Waals surface area contributed by atoms with Crippen LogP contribution in [0.2, 0.25) is 5.02 Å². The Labute approximate surface area is 119 Å². The molecule has 0 saturated heterocycles. The van der Waals surface area contributed by atoms with Crippen molar-refractivity contribution in [1.29, 1.82) is 0 Å². The van der Waals surface area contributed by atoms with Crippen molar-refractivity contribution in [3.05, 3.63) is 59.1 Å². The van der Waals surface area contributed by atoms with E-state index in [1.807, 2.05) is 12.1 Å². The molecule has 2 aromatic rings. The van der Waals surface area contributed by atoms with E-state index in [1.165, 1.54) is 5.56 Å². The topological polar surface area (TPSA) is 32.3 Å². The first-order chi connectivity index (χ1) is 9.19. The van der Waals surface area contributed by atoms with Crippen LogP contribution in [0, 0.1) is 0 Å². The average Bonchev–Trinajstić information content (AvgIpc) is 2.43. The molecule has 2 aromatic carbocycles. The van der Waals surface area contributed by atoms with Gasteiger partial charge in [-0.1, -0.05) is 48.9 Å². The highest BCUT2D eigenvalue weighted by Crippen LogP contribution is 2.26. The quantitative estimate of drug-likeness (QED) is 0.789. The summed E-state index contributed by atoms with van der Waals surface area (Å²) in [4.78, 5) is 0. The lowest BCUT2D eigenvalue weighted by Gasteiger charge is -2.18. The number of hydrogen-bond donors (Lipinski definition) is 2. The molecule has 2 nitrogen and oxygen atoms in total. The molecule has 0 radical (unpaired) electrons. The molecule has 0 aliphatic rings. The molecule has 0 amide bonds. The fraction of sp³-hybridized carbons (Fsp3) is 0.250. The van der Waals surface area contributed by atoms with Gasteiger partial charge in [-0.2, -0.15) is 0 Å². The number of halogens is 1. The minimum atomic E-state index is 0.114. The highest BCUT2D eigenvalue weighted by atomic mass is 35.5. The van der Waals surface area contributed by atoms with Crippen molar-refractivity contribution >= 4 is 17.3 Å². The van der Waals surface area contributed by atoms with Gasteiger partial charge in [0.25, 0.3) is 0 Å². The lowest BCUT2D eigenvalue weighted by molar-refractivity contribution is 0.475. The summed E-state index contributed by atoms with van der Waals surface area (Å²) in [5, 5.41) is 13.2. The Morgan fingerprint density at radius 2 is 1.89 bits per heavy atom. The van der Waals surface area contributed by atoms with Gasteiger partial charge < -0.3 is 10.4 Å². The molecule has 0 aliphatic heterocycles. The maximum Gasteiger partial charge on any atom is 0.134 e. The molecule has 2 rings (SSSR count). The first kappa shape index (κ1) is 13.8. The highest BCUT2D eigenvalue weighted by molar-refractivity contribution is 6.32. The zero-order valence-corrected chi connectivity index (χ0v) is 11.7. The number of phenols is 1. The maximum absolute atomic E-state index is 9.41. The van der Waals surface area contributed by atoms with E-state index in [4.69, 9.17) is 11.6 Å². The maximum atomic E-state index is 9.41. The second-order valence-corrected chi connectivity index (χ2v) is 5.01. The van der Waals surface area contributed by atoms with E-state index in [9.17, 15) is 5.11 Å². The van der Waals surface area contributed by atoms with Gasteiger partial charge in [-0.05, 0) is 36.6 Å². The molecule has 1 atom stereocenters. The van der Waals surface area contributed by atoms with E-state index in [0.29, 0.717) is 11.1 Å². The van der Waals surface area contributed by atoms with Crippen molar-refractivity contribution < 1.29 is 5.11 Å². The van der Waals surface area contributed by atoms with Gasteiger partial charge in [-0.3, -0.25) is 0 Å². The third-order valence-corrected chi connectivity index (χ3v) is 3.44.